The molecule has 0 amide bonds. The number of rotatable bonds is 13. The monoisotopic (exact) mass is 534 g/mol. The second kappa shape index (κ2) is 16.4. The van der Waals surface area contributed by atoms with Gasteiger partial charge in [0.15, 0.2) is 5.96 Å². The van der Waals surface area contributed by atoms with E-state index in [0.29, 0.717) is 25.7 Å². The molecule has 2 rings (SSSR count). The van der Waals surface area contributed by atoms with E-state index < -0.39 is 0 Å². The molecule has 1 aromatic carbocycles. The Morgan fingerprint density at radius 3 is 2.70 bits per heavy atom. The van der Waals surface area contributed by atoms with Gasteiger partial charge >= 0.3 is 0 Å². The van der Waals surface area contributed by atoms with Crippen molar-refractivity contribution in [1.29, 1.82) is 0 Å². The first-order valence-corrected chi connectivity index (χ1v) is 10.8. The fraction of sp³-hybridized carbons (Fsp3) is 0.682. The van der Waals surface area contributed by atoms with Crippen molar-refractivity contribution >= 4 is 35.6 Å². The molecule has 0 spiro atoms. The molecule has 0 radical (unpaired) electrons. The van der Waals surface area contributed by atoms with Crippen LogP contribution in [-0.4, -0.2) is 72.7 Å². The first-order chi connectivity index (χ1) is 14.3. The van der Waals surface area contributed by atoms with E-state index in [1.54, 1.807) is 14.2 Å². The first-order valence-electron chi connectivity index (χ1n) is 10.8. The van der Waals surface area contributed by atoms with Gasteiger partial charge in [-0.25, -0.2) is 0 Å². The average molecular weight is 534 g/mol. The lowest BCUT2D eigenvalue weighted by Crippen LogP contribution is -2.41. The van der Waals surface area contributed by atoms with Crippen LogP contribution < -0.4 is 20.3 Å². The number of hydrogen-bond acceptors (Lipinski definition) is 5. The number of ether oxygens (including phenoxy) is 3. The van der Waals surface area contributed by atoms with E-state index in [0.717, 1.165) is 57.3 Å². The zero-order chi connectivity index (χ0) is 20.7. The minimum Gasteiger partial charge on any atom is -0.497 e. The number of halogens is 1. The molecule has 0 aromatic heterocycles. The fourth-order valence-corrected chi connectivity index (χ4v) is 3.31. The molecule has 1 fully saturated rings. The predicted octanol–water partition coefficient (Wildman–Crippen LogP) is 3.14. The topological polar surface area (TPSA) is 67.4 Å². The predicted molar refractivity (Wildman–Crippen MR) is 135 cm³/mol. The lowest BCUT2D eigenvalue weighted by atomic mass is 10.1. The van der Waals surface area contributed by atoms with Crippen LogP contribution in [0.15, 0.2) is 29.3 Å². The minimum atomic E-state index is 0. The maximum Gasteiger partial charge on any atom is 0.191 e. The van der Waals surface area contributed by atoms with Crippen molar-refractivity contribution < 1.29 is 14.2 Å². The van der Waals surface area contributed by atoms with Crippen LogP contribution >= 0.6 is 24.0 Å². The minimum absolute atomic E-state index is 0. The van der Waals surface area contributed by atoms with Crippen molar-refractivity contribution in [2.45, 2.75) is 26.2 Å². The van der Waals surface area contributed by atoms with Gasteiger partial charge in [-0.05, 0) is 30.9 Å². The van der Waals surface area contributed by atoms with Crippen LogP contribution in [0.2, 0.25) is 0 Å². The Morgan fingerprint density at radius 2 is 1.97 bits per heavy atom. The van der Waals surface area contributed by atoms with Gasteiger partial charge in [-0.2, -0.15) is 0 Å². The highest BCUT2D eigenvalue weighted by Crippen LogP contribution is 2.26. The van der Waals surface area contributed by atoms with Crippen LogP contribution in [0.3, 0.4) is 0 Å². The Hall–Kier alpha value is -1.26. The molecule has 172 valence electrons. The smallest absolute Gasteiger partial charge is 0.191 e. The number of anilines is 1. The molecule has 1 aliphatic heterocycles. The Morgan fingerprint density at radius 1 is 1.17 bits per heavy atom. The molecule has 1 atom stereocenters. The first kappa shape index (κ1) is 26.8. The molecular weight excluding hydrogens is 495 g/mol. The normalized spacial score (nSPS) is 16.3. The molecule has 0 aliphatic carbocycles. The molecule has 2 N–H and O–H groups in total. The van der Waals surface area contributed by atoms with Gasteiger partial charge in [0.05, 0.1) is 26.9 Å². The number of benzene rings is 1. The summed E-state index contributed by atoms with van der Waals surface area (Å²) in [5.41, 5.74) is 1.23. The van der Waals surface area contributed by atoms with Crippen molar-refractivity contribution in [3.63, 3.8) is 0 Å². The van der Waals surface area contributed by atoms with Gasteiger partial charge in [-0.15, -0.1) is 24.0 Å². The van der Waals surface area contributed by atoms with Gasteiger partial charge in [0, 0.05) is 51.6 Å². The second-order valence-electron chi connectivity index (χ2n) is 7.26. The highest BCUT2D eigenvalue weighted by atomic mass is 127. The summed E-state index contributed by atoms with van der Waals surface area (Å²) in [7, 11) is 3.51. The number of guanidine groups is 1. The summed E-state index contributed by atoms with van der Waals surface area (Å²) < 4.78 is 16.4. The molecule has 7 nitrogen and oxygen atoms in total. The van der Waals surface area contributed by atoms with Crippen molar-refractivity contribution in [1.82, 2.24) is 10.6 Å². The Kier molecular flexibility index (Phi) is 14.7. The van der Waals surface area contributed by atoms with Crippen molar-refractivity contribution in [3.8, 4) is 5.75 Å². The largest absolute Gasteiger partial charge is 0.497 e. The summed E-state index contributed by atoms with van der Waals surface area (Å²) in [5, 5.41) is 6.74. The van der Waals surface area contributed by atoms with Gasteiger partial charge < -0.3 is 29.7 Å². The number of methoxy groups -OCH3 is 1. The zero-order valence-corrected chi connectivity index (χ0v) is 21.0. The van der Waals surface area contributed by atoms with Crippen LogP contribution in [0.5, 0.6) is 5.75 Å². The van der Waals surface area contributed by atoms with Crippen molar-refractivity contribution in [2.24, 2.45) is 10.9 Å². The van der Waals surface area contributed by atoms with Crippen molar-refractivity contribution in [2.75, 3.05) is 71.7 Å². The van der Waals surface area contributed by atoms with Gasteiger partial charge in [0.2, 0.25) is 0 Å². The van der Waals surface area contributed by atoms with Gasteiger partial charge in [0.25, 0.3) is 0 Å². The summed E-state index contributed by atoms with van der Waals surface area (Å²) >= 11 is 0. The van der Waals surface area contributed by atoms with Gasteiger partial charge in [0.1, 0.15) is 5.75 Å². The zero-order valence-electron chi connectivity index (χ0n) is 18.7. The maximum absolute atomic E-state index is 5.58. The summed E-state index contributed by atoms with van der Waals surface area (Å²) in [4.78, 5) is 6.72. The lowest BCUT2D eigenvalue weighted by molar-refractivity contribution is 0.0487. The summed E-state index contributed by atoms with van der Waals surface area (Å²) in [6, 6.07) is 8.28. The lowest BCUT2D eigenvalue weighted by Gasteiger charge is -2.20. The number of unbranched alkanes of at least 4 members (excludes halogenated alkanes) is 1. The summed E-state index contributed by atoms with van der Waals surface area (Å²) in [6.07, 6.45) is 3.45. The molecule has 1 aromatic rings. The highest BCUT2D eigenvalue weighted by molar-refractivity contribution is 14.0. The summed E-state index contributed by atoms with van der Waals surface area (Å²) in [5.74, 6) is 2.33. The van der Waals surface area contributed by atoms with Crippen LogP contribution in [0.4, 0.5) is 5.69 Å². The second-order valence-corrected chi connectivity index (χ2v) is 7.26. The average Bonchev–Trinajstić information content (AvgIpc) is 3.24. The van der Waals surface area contributed by atoms with E-state index in [1.807, 2.05) is 12.1 Å². The molecule has 1 saturated heterocycles. The van der Waals surface area contributed by atoms with E-state index in [1.165, 1.54) is 12.1 Å². The van der Waals surface area contributed by atoms with Gasteiger partial charge in [-0.3, -0.25) is 4.99 Å². The van der Waals surface area contributed by atoms with Crippen LogP contribution in [0.1, 0.15) is 26.2 Å². The highest BCUT2D eigenvalue weighted by Gasteiger charge is 2.23. The van der Waals surface area contributed by atoms with Gasteiger partial charge in [-0.1, -0.05) is 19.4 Å². The third-order valence-corrected chi connectivity index (χ3v) is 5.04. The third-order valence-electron chi connectivity index (χ3n) is 5.04. The van der Waals surface area contributed by atoms with E-state index in [-0.39, 0.29) is 24.0 Å². The summed E-state index contributed by atoms with van der Waals surface area (Å²) in [6.45, 7) is 8.68. The third kappa shape index (κ3) is 10.2. The Balaban J connectivity index is 0.00000450. The maximum atomic E-state index is 5.58. The molecular formula is C22H39IN4O3. The number of nitrogens with zero attached hydrogens (tertiary/aromatic N) is 2. The Bertz CT molecular complexity index is 604. The number of hydrogen-bond donors (Lipinski definition) is 2. The van der Waals surface area contributed by atoms with Crippen molar-refractivity contribution in [3.05, 3.63) is 24.3 Å². The molecule has 30 heavy (non-hydrogen) atoms. The van der Waals surface area contributed by atoms with E-state index in [2.05, 4.69) is 39.6 Å². The molecule has 0 saturated carbocycles. The molecule has 1 heterocycles. The SMILES string of the molecule is CCCCOCCOCCNC(=NC)NCC1CCN(c2cccc(OC)c2)C1.I. The molecule has 1 aliphatic rings. The van der Waals surface area contributed by atoms with E-state index >= 15 is 0 Å². The Labute approximate surface area is 199 Å². The molecule has 8 heteroatoms. The van der Waals surface area contributed by atoms with Crippen LogP contribution in [-0.2, 0) is 9.47 Å². The van der Waals surface area contributed by atoms with Crippen LogP contribution in [0, 0.1) is 5.92 Å². The van der Waals surface area contributed by atoms with E-state index in [9.17, 15) is 0 Å². The molecule has 1 unspecified atom stereocenters. The van der Waals surface area contributed by atoms with Crippen LogP contribution in [0.25, 0.3) is 0 Å². The quantitative estimate of drug-likeness (QED) is 0.176. The number of aliphatic imine (C=N–C) groups is 1. The fourth-order valence-electron chi connectivity index (χ4n) is 3.31. The standard InChI is InChI=1S/C22H38N4O3.HI/c1-4-5-12-28-14-15-29-13-10-24-22(23-2)25-17-19-9-11-26(18-19)20-7-6-8-21(16-20)27-3;/h6-8,16,19H,4-5,9-15,17-18H2,1-3H3,(H2,23,24,25);1H. The number of nitrogens with one attached hydrogen (secondary N) is 2. The van der Waals surface area contributed by atoms with E-state index in [4.69, 9.17) is 14.2 Å². The molecule has 0 bridgehead atoms.